The minimum atomic E-state index is -5.88. The van der Waals surface area contributed by atoms with Gasteiger partial charge in [0.05, 0.1) is 0 Å². The third-order valence-electron chi connectivity index (χ3n) is 11.0. The normalized spacial score (nSPS) is 38.0. The van der Waals surface area contributed by atoms with E-state index in [1.165, 1.54) is 50.5 Å². The van der Waals surface area contributed by atoms with E-state index in [9.17, 15) is 22.0 Å². The van der Waals surface area contributed by atoms with Gasteiger partial charge in [-0.2, -0.15) is 8.42 Å². The standard InChI is InChI=1S/C29H46F2O6S/c1-18(2)7-6-8-19(3)23-11-12-24-22-10-9-20-17-21(36-26(32)37-29(30,31)38(33,34)35)13-15-27(20,4)25(22)14-16-28(23,24)5/h9,18-19,21-25H,6-8,10-17H2,1-5H3,(H,33,34,35)/t19-,21?,22+,23-,24+,25+,27+,28-/m1/s1. The zero-order valence-electron chi connectivity index (χ0n) is 23.5. The molecule has 0 bridgehead atoms. The summed E-state index contributed by atoms with van der Waals surface area (Å²) in [4.78, 5) is 11.9. The number of alkyl halides is 2. The van der Waals surface area contributed by atoms with Crippen LogP contribution in [0.5, 0.6) is 0 Å². The third kappa shape index (κ3) is 5.52. The van der Waals surface area contributed by atoms with Crippen molar-refractivity contribution in [1.29, 1.82) is 0 Å². The number of halogens is 2. The third-order valence-corrected chi connectivity index (χ3v) is 11.7. The van der Waals surface area contributed by atoms with E-state index in [2.05, 4.69) is 45.4 Å². The maximum Gasteiger partial charge on any atom is 0.538 e. The predicted octanol–water partition coefficient (Wildman–Crippen LogP) is 7.99. The molecule has 0 aromatic heterocycles. The van der Waals surface area contributed by atoms with Crippen LogP contribution < -0.4 is 0 Å². The van der Waals surface area contributed by atoms with Crippen molar-refractivity contribution in [2.45, 2.75) is 117 Å². The molecular weight excluding hydrogens is 514 g/mol. The van der Waals surface area contributed by atoms with Crippen LogP contribution in [0.4, 0.5) is 13.6 Å². The number of hydrogen-bond acceptors (Lipinski definition) is 5. The molecule has 218 valence electrons. The molecule has 8 atom stereocenters. The van der Waals surface area contributed by atoms with E-state index in [0.717, 1.165) is 36.5 Å². The fraction of sp³-hybridized carbons (Fsp3) is 0.897. The van der Waals surface area contributed by atoms with Crippen LogP contribution in [0.3, 0.4) is 0 Å². The lowest BCUT2D eigenvalue weighted by Gasteiger charge is -2.58. The minimum Gasteiger partial charge on any atom is -0.430 e. The fourth-order valence-corrected chi connectivity index (χ4v) is 9.24. The molecule has 0 spiro atoms. The first-order valence-electron chi connectivity index (χ1n) is 14.5. The maximum atomic E-state index is 13.4. The van der Waals surface area contributed by atoms with E-state index >= 15 is 0 Å². The quantitative estimate of drug-likeness (QED) is 0.184. The van der Waals surface area contributed by atoms with Gasteiger partial charge in [-0.25, -0.2) is 4.79 Å². The molecule has 3 fully saturated rings. The highest BCUT2D eigenvalue weighted by atomic mass is 32.2. The van der Waals surface area contributed by atoms with Crippen molar-refractivity contribution in [3.8, 4) is 0 Å². The van der Waals surface area contributed by atoms with E-state index in [0.29, 0.717) is 30.1 Å². The van der Waals surface area contributed by atoms with Gasteiger partial charge >= 0.3 is 21.7 Å². The molecule has 0 aliphatic heterocycles. The van der Waals surface area contributed by atoms with Gasteiger partial charge in [0.25, 0.3) is 0 Å². The number of carbonyl (C=O) groups is 1. The van der Waals surface area contributed by atoms with Crippen LogP contribution in [0.15, 0.2) is 11.6 Å². The topological polar surface area (TPSA) is 89.9 Å². The Morgan fingerprint density at radius 2 is 1.82 bits per heavy atom. The van der Waals surface area contributed by atoms with Crippen LogP contribution >= 0.6 is 0 Å². The van der Waals surface area contributed by atoms with Crippen molar-refractivity contribution in [3.63, 3.8) is 0 Å². The molecule has 0 saturated heterocycles. The van der Waals surface area contributed by atoms with E-state index in [1.807, 2.05) is 0 Å². The van der Waals surface area contributed by atoms with Crippen molar-refractivity contribution >= 4 is 16.3 Å². The van der Waals surface area contributed by atoms with Crippen LogP contribution in [0.2, 0.25) is 0 Å². The monoisotopic (exact) mass is 560 g/mol. The van der Waals surface area contributed by atoms with Gasteiger partial charge in [0.2, 0.25) is 0 Å². The first-order valence-corrected chi connectivity index (χ1v) is 16.0. The second-order valence-corrected chi connectivity index (χ2v) is 15.0. The van der Waals surface area contributed by atoms with Crippen molar-refractivity contribution in [1.82, 2.24) is 0 Å². The second kappa shape index (κ2) is 10.6. The average Bonchev–Trinajstić information content (AvgIpc) is 3.15. The van der Waals surface area contributed by atoms with Crippen LogP contribution in [0, 0.1) is 46.3 Å². The molecule has 4 aliphatic carbocycles. The van der Waals surface area contributed by atoms with Gasteiger partial charge in [0, 0.05) is 6.42 Å². The van der Waals surface area contributed by atoms with E-state index in [1.54, 1.807) is 0 Å². The van der Waals surface area contributed by atoms with E-state index in [-0.39, 0.29) is 5.41 Å². The van der Waals surface area contributed by atoms with E-state index in [4.69, 9.17) is 9.29 Å². The zero-order chi connectivity index (χ0) is 28.1. The molecule has 6 nitrogen and oxygen atoms in total. The molecule has 1 N–H and O–H groups in total. The molecule has 4 aliphatic rings. The second-order valence-electron chi connectivity index (χ2n) is 13.6. The molecule has 3 saturated carbocycles. The molecule has 0 aromatic rings. The van der Waals surface area contributed by atoms with Crippen molar-refractivity contribution < 1.29 is 36.0 Å². The fourth-order valence-electron chi connectivity index (χ4n) is 9.06. The predicted molar refractivity (Wildman–Crippen MR) is 141 cm³/mol. The lowest BCUT2D eigenvalue weighted by Crippen LogP contribution is -2.51. The molecule has 4 rings (SSSR count). The van der Waals surface area contributed by atoms with E-state index < -0.39 is 27.8 Å². The summed E-state index contributed by atoms with van der Waals surface area (Å²) < 4.78 is 65.5. The Hall–Kier alpha value is -1.22. The average molecular weight is 561 g/mol. The zero-order valence-corrected chi connectivity index (χ0v) is 24.4. The Balaban J connectivity index is 1.41. The Labute approximate surface area is 227 Å². The number of carbonyl (C=O) groups excluding carboxylic acids is 1. The van der Waals surface area contributed by atoms with Gasteiger partial charge < -0.3 is 9.47 Å². The van der Waals surface area contributed by atoms with Crippen LogP contribution in [-0.2, 0) is 19.6 Å². The largest absolute Gasteiger partial charge is 0.538 e. The number of fused-ring (bicyclic) bond motifs is 5. The first kappa shape index (κ1) is 29.8. The number of hydrogen-bond donors (Lipinski definition) is 1. The molecular formula is C29H46F2O6S. The lowest BCUT2D eigenvalue weighted by atomic mass is 9.47. The summed E-state index contributed by atoms with van der Waals surface area (Å²) in [7, 11) is -5.88. The molecule has 9 heteroatoms. The van der Waals surface area contributed by atoms with Crippen molar-refractivity contribution in [2.75, 3.05) is 0 Å². The number of allylic oxidation sites excluding steroid dienone is 1. The number of ether oxygens (including phenoxy) is 2. The number of rotatable bonds is 8. The van der Waals surface area contributed by atoms with Gasteiger partial charge in [0.1, 0.15) is 6.10 Å². The van der Waals surface area contributed by atoms with Gasteiger partial charge in [0.15, 0.2) is 0 Å². The highest BCUT2D eigenvalue weighted by molar-refractivity contribution is 7.86. The molecule has 38 heavy (non-hydrogen) atoms. The molecule has 0 radical (unpaired) electrons. The Kier molecular flexibility index (Phi) is 8.33. The van der Waals surface area contributed by atoms with Crippen molar-refractivity contribution in [3.05, 3.63) is 11.6 Å². The highest BCUT2D eigenvalue weighted by Crippen LogP contribution is 2.67. The first-order chi connectivity index (χ1) is 17.6. The summed E-state index contributed by atoms with van der Waals surface area (Å²) in [6, 6.07) is 0. The summed E-state index contributed by atoms with van der Waals surface area (Å²) in [5.41, 5.74) is -3.44. The van der Waals surface area contributed by atoms with Crippen LogP contribution in [0.1, 0.15) is 105 Å². The summed E-state index contributed by atoms with van der Waals surface area (Å²) >= 11 is 0. The summed E-state index contributed by atoms with van der Waals surface area (Å²) in [6.45, 7) is 12.0. The van der Waals surface area contributed by atoms with Gasteiger partial charge in [-0.05, 0) is 91.3 Å². The van der Waals surface area contributed by atoms with Crippen LogP contribution in [0.25, 0.3) is 0 Å². The van der Waals surface area contributed by atoms with Crippen LogP contribution in [-0.4, -0.2) is 30.7 Å². The molecule has 0 amide bonds. The Morgan fingerprint density at radius 3 is 2.47 bits per heavy atom. The maximum absolute atomic E-state index is 13.4. The van der Waals surface area contributed by atoms with Crippen molar-refractivity contribution in [2.24, 2.45) is 46.3 Å². The highest BCUT2D eigenvalue weighted by Gasteiger charge is 2.59. The Morgan fingerprint density at radius 1 is 1.11 bits per heavy atom. The summed E-state index contributed by atoms with van der Waals surface area (Å²) in [6.07, 6.45) is 11.6. The Bertz CT molecular complexity index is 1030. The summed E-state index contributed by atoms with van der Waals surface area (Å²) in [5, 5.41) is 0. The van der Waals surface area contributed by atoms with Gasteiger partial charge in [-0.15, -0.1) is 8.78 Å². The lowest BCUT2D eigenvalue weighted by molar-refractivity contribution is -0.155. The van der Waals surface area contributed by atoms with Gasteiger partial charge in [-0.1, -0.05) is 65.5 Å². The molecule has 0 aromatic carbocycles. The minimum absolute atomic E-state index is 0.00659. The molecule has 0 heterocycles. The summed E-state index contributed by atoms with van der Waals surface area (Å²) in [5.74, 6) is 4.23. The van der Waals surface area contributed by atoms with Gasteiger partial charge in [-0.3, -0.25) is 4.55 Å². The molecule has 1 unspecified atom stereocenters. The smallest absolute Gasteiger partial charge is 0.430 e. The SMILES string of the molecule is CC(C)CCC[C@@H](C)[C@H]1CC[C@H]2[C@@H]3CC=C4CC(OC(=O)OC(F)(F)S(=O)(=O)O)CC[C@]4(C)[C@H]3CC[C@]12C.